The molecule has 0 aliphatic heterocycles. The summed E-state index contributed by atoms with van der Waals surface area (Å²) in [5.41, 5.74) is 0. The molecule has 0 saturated carbocycles. The van der Waals surface area contributed by atoms with Gasteiger partial charge in [0.05, 0.1) is 0 Å². The van der Waals surface area contributed by atoms with Gasteiger partial charge in [0.15, 0.2) is 5.76 Å². The number of aliphatic hydroxyl groups is 2. The second-order valence-electron chi connectivity index (χ2n) is 17.8. The van der Waals surface area contributed by atoms with Crippen molar-refractivity contribution in [3.63, 3.8) is 0 Å². The van der Waals surface area contributed by atoms with Crippen LogP contribution >= 0.6 is 0 Å². The van der Waals surface area contributed by atoms with Crippen molar-refractivity contribution in [3.8, 4) is 0 Å². The van der Waals surface area contributed by atoms with Gasteiger partial charge in [-0.15, -0.1) is 0 Å². The van der Waals surface area contributed by atoms with Crippen LogP contribution in [0.25, 0.3) is 0 Å². The molecule has 0 radical (unpaired) electrons. The lowest BCUT2D eigenvalue weighted by Crippen LogP contribution is -1.98. The molecule has 8 heteroatoms. The fourth-order valence-electron chi connectivity index (χ4n) is 7.14. The molecule has 0 aliphatic rings. The molecule has 0 aliphatic carbocycles. The summed E-state index contributed by atoms with van der Waals surface area (Å²) in [6, 6.07) is 0. The number of carboxylic acid groups (broad SMARTS) is 3. The van der Waals surface area contributed by atoms with Gasteiger partial charge < -0.3 is 25.5 Å². The highest BCUT2D eigenvalue weighted by molar-refractivity contribution is 5.84. The first-order valence-electron chi connectivity index (χ1n) is 27.3. The van der Waals surface area contributed by atoms with Crippen molar-refractivity contribution in [2.75, 3.05) is 0 Å². The Hall–Kier alpha value is -4.33. The summed E-state index contributed by atoms with van der Waals surface area (Å²) in [6.07, 6.45) is 75.1. The van der Waals surface area contributed by atoms with Gasteiger partial charge in [0.2, 0.25) is 5.76 Å². The molecule has 0 aromatic rings. The summed E-state index contributed by atoms with van der Waals surface area (Å²) in [6.45, 7) is 6.77. The lowest BCUT2D eigenvalue weighted by Gasteiger charge is -2.03. The number of unbranched alkanes of at least 4 members (excludes halogenated alkanes) is 33. The molecule has 0 fully saturated rings. The largest absolute Gasteiger partial charge is 0.502 e. The van der Waals surface area contributed by atoms with E-state index in [-0.39, 0.29) is 0 Å². The molecule has 5 N–H and O–H groups in total. The molecule has 0 rings (SSSR count). The lowest BCUT2D eigenvalue weighted by atomic mass is 10.0. The zero-order valence-electron chi connectivity index (χ0n) is 43.7. The third-order valence-corrected chi connectivity index (χ3v) is 11.3. The Morgan fingerprint density at radius 2 is 0.559 bits per heavy atom. The normalized spacial score (nSPS) is 12.3. The number of aliphatic hydroxyl groups excluding tert-OH is 2. The van der Waals surface area contributed by atoms with E-state index in [1.807, 2.05) is 30.4 Å². The first kappa shape index (κ1) is 67.9. The van der Waals surface area contributed by atoms with Crippen molar-refractivity contribution in [3.05, 3.63) is 109 Å². The van der Waals surface area contributed by atoms with Gasteiger partial charge >= 0.3 is 17.9 Å². The Kier molecular flexibility index (Phi) is 60.6. The van der Waals surface area contributed by atoms with Gasteiger partial charge in [-0.25, -0.2) is 14.4 Å². The number of aliphatic carboxylic acids is 3. The monoisotopic (exact) mass is 951 g/mol. The van der Waals surface area contributed by atoms with Gasteiger partial charge in [0.25, 0.3) is 0 Å². The quantitative estimate of drug-likeness (QED) is 0.0175. The number of rotatable bonds is 45. The van der Waals surface area contributed by atoms with E-state index in [9.17, 15) is 14.4 Å². The van der Waals surface area contributed by atoms with Gasteiger partial charge in [0.1, 0.15) is 0 Å². The van der Waals surface area contributed by atoms with Crippen LogP contribution in [0.1, 0.15) is 252 Å². The predicted molar refractivity (Wildman–Crippen MR) is 292 cm³/mol. The van der Waals surface area contributed by atoms with Crippen LogP contribution in [0.3, 0.4) is 0 Å². The highest BCUT2D eigenvalue weighted by atomic mass is 16.4. The molecule has 0 bridgehead atoms. The molecule has 0 spiro atoms. The zero-order chi connectivity index (χ0) is 50.7. The Balaban J connectivity index is -0.000000932. The average molecular weight is 951 g/mol. The van der Waals surface area contributed by atoms with E-state index in [1.165, 1.54) is 223 Å². The minimum Gasteiger partial charge on any atom is -0.502 e. The first-order valence-corrected chi connectivity index (χ1v) is 27.3. The van der Waals surface area contributed by atoms with E-state index in [0.29, 0.717) is 6.42 Å². The molecule has 0 aromatic carbocycles. The minimum absolute atomic E-state index is 0.518. The summed E-state index contributed by atoms with van der Waals surface area (Å²) in [4.78, 5) is 30.9. The Bertz CT molecular complexity index is 1390. The second-order valence-corrected chi connectivity index (χ2v) is 17.8. The molecule has 0 unspecified atom stereocenters. The van der Waals surface area contributed by atoms with Crippen molar-refractivity contribution < 1.29 is 39.9 Å². The van der Waals surface area contributed by atoms with E-state index < -0.39 is 29.4 Å². The van der Waals surface area contributed by atoms with Crippen LogP contribution in [0.15, 0.2) is 109 Å². The number of allylic oxidation sites excluding steroid dienone is 15. The maximum atomic E-state index is 10.4. The number of hydrogen-bond donors (Lipinski definition) is 5. The van der Waals surface area contributed by atoms with Crippen molar-refractivity contribution in [1.29, 1.82) is 0 Å². The average Bonchev–Trinajstić information content (AvgIpc) is 3.32. The standard InChI is InChI=1S/C20H38O3.C20H34O3.C20H30O2/c2*1-2-3-4-5-6-7-8-9-10-11-12-13-14-15-16-17-18-19(21)20(22)23;1-2-3-4-5-6-7-8-9-10-11-12-13-14-15-16-17-18-19-20(21)22/h18,21H,2-17H2,1H3,(H,22,23);14-18,21H,2-13H2,1H3,(H,22,23);10-19H,2-9H2,1H3,(H,21,22)/b19-18-;15-14+,17-16+,19-18-;11-10+,13-12+,15-14+,17-16+,19-18+. The Morgan fingerprint density at radius 1 is 0.294 bits per heavy atom. The molecule has 0 heterocycles. The van der Waals surface area contributed by atoms with Crippen LogP contribution in [-0.4, -0.2) is 43.4 Å². The summed E-state index contributed by atoms with van der Waals surface area (Å²) in [5.74, 6) is -4.62. The van der Waals surface area contributed by atoms with Crippen molar-refractivity contribution in [1.82, 2.24) is 0 Å². The van der Waals surface area contributed by atoms with Crippen LogP contribution in [0.4, 0.5) is 0 Å². The van der Waals surface area contributed by atoms with Gasteiger partial charge in [-0.1, -0.05) is 292 Å². The maximum absolute atomic E-state index is 10.4. The maximum Gasteiger partial charge on any atom is 0.370 e. The van der Waals surface area contributed by atoms with Gasteiger partial charge in [-0.2, -0.15) is 0 Å². The summed E-state index contributed by atoms with van der Waals surface area (Å²) in [7, 11) is 0. The molecule has 68 heavy (non-hydrogen) atoms. The lowest BCUT2D eigenvalue weighted by molar-refractivity contribution is -0.136. The summed E-state index contributed by atoms with van der Waals surface area (Å²) >= 11 is 0. The van der Waals surface area contributed by atoms with Crippen molar-refractivity contribution in [2.45, 2.75) is 252 Å². The molecular weight excluding hydrogens is 849 g/mol. The first-order chi connectivity index (χ1) is 33.1. The van der Waals surface area contributed by atoms with Crippen LogP contribution in [0.5, 0.6) is 0 Å². The Morgan fingerprint density at radius 3 is 0.868 bits per heavy atom. The second kappa shape index (κ2) is 60.7. The van der Waals surface area contributed by atoms with Gasteiger partial charge in [0, 0.05) is 6.08 Å². The van der Waals surface area contributed by atoms with Crippen LogP contribution in [0.2, 0.25) is 0 Å². The van der Waals surface area contributed by atoms with Crippen LogP contribution < -0.4 is 0 Å². The van der Waals surface area contributed by atoms with Crippen LogP contribution in [0, 0.1) is 0 Å². The minimum atomic E-state index is -1.31. The third-order valence-electron chi connectivity index (χ3n) is 11.3. The fourth-order valence-corrected chi connectivity index (χ4v) is 7.14. The highest BCUT2D eigenvalue weighted by Gasteiger charge is 2.02. The number of carbonyl (C=O) groups is 3. The smallest absolute Gasteiger partial charge is 0.370 e. The predicted octanol–water partition coefficient (Wildman–Crippen LogP) is 19.1. The van der Waals surface area contributed by atoms with E-state index in [0.717, 1.165) is 31.8 Å². The molecule has 390 valence electrons. The summed E-state index contributed by atoms with van der Waals surface area (Å²) in [5, 5.41) is 43.2. The number of carboxylic acids is 3. The van der Waals surface area contributed by atoms with Gasteiger partial charge in [-0.3, -0.25) is 0 Å². The molecule has 0 atom stereocenters. The topological polar surface area (TPSA) is 152 Å². The van der Waals surface area contributed by atoms with E-state index in [2.05, 4.69) is 39.0 Å². The van der Waals surface area contributed by atoms with E-state index in [4.69, 9.17) is 25.5 Å². The molecule has 8 nitrogen and oxygen atoms in total. The molecular formula is C60H102O8. The summed E-state index contributed by atoms with van der Waals surface area (Å²) < 4.78 is 0. The van der Waals surface area contributed by atoms with Crippen molar-refractivity contribution >= 4 is 17.9 Å². The molecule has 0 amide bonds. The molecule has 0 aromatic heterocycles. The number of hydrogen-bond acceptors (Lipinski definition) is 5. The van der Waals surface area contributed by atoms with E-state index >= 15 is 0 Å². The fraction of sp³-hybridized carbons (Fsp3) is 0.650. The SMILES string of the molecule is CCCCCCCCC/C=C/C=C/C=C/C=C/C=C/C(=O)O.CCCCCCCCCCCCC/C=C/C=C/C=C(\O)C(=O)O.CCCCCCCCCCCCCCCCC/C=C(\O)C(=O)O. The van der Waals surface area contributed by atoms with Crippen molar-refractivity contribution in [2.24, 2.45) is 0 Å². The van der Waals surface area contributed by atoms with E-state index in [1.54, 1.807) is 18.2 Å². The molecule has 0 saturated heterocycles. The van der Waals surface area contributed by atoms with Crippen LogP contribution in [-0.2, 0) is 14.4 Å². The van der Waals surface area contributed by atoms with Gasteiger partial charge in [-0.05, 0) is 50.7 Å². The third kappa shape index (κ3) is 65.9. The highest BCUT2D eigenvalue weighted by Crippen LogP contribution is 2.15. The Labute approximate surface area is 417 Å². The zero-order valence-corrected chi connectivity index (χ0v) is 43.7.